The van der Waals surface area contributed by atoms with Gasteiger partial charge in [0, 0.05) is 62.5 Å². The van der Waals surface area contributed by atoms with Crippen LogP contribution in [0.3, 0.4) is 0 Å². The first-order valence-electron chi connectivity index (χ1n) is 12.8. The van der Waals surface area contributed by atoms with E-state index in [1.54, 1.807) is 12.1 Å². The summed E-state index contributed by atoms with van der Waals surface area (Å²) in [6.45, 7) is 6.86. The number of hydrogen-bond donors (Lipinski definition) is 0. The maximum atomic E-state index is 14.9. The van der Waals surface area contributed by atoms with Crippen molar-refractivity contribution in [1.29, 1.82) is 0 Å². The van der Waals surface area contributed by atoms with Gasteiger partial charge in [0.15, 0.2) is 0 Å². The van der Waals surface area contributed by atoms with Gasteiger partial charge >= 0.3 is 0 Å². The topological polar surface area (TPSA) is 26.8 Å². The quantitative estimate of drug-likeness (QED) is 0.460. The van der Waals surface area contributed by atoms with E-state index in [9.17, 15) is 18.0 Å². The van der Waals surface area contributed by atoms with E-state index in [4.69, 9.17) is 0 Å². The van der Waals surface area contributed by atoms with E-state index in [1.807, 2.05) is 35.2 Å². The van der Waals surface area contributed by atoms with Gasteiger partial charge in [-0.15, -0.1) is 0 Å². The Morgan fingerprint density at radius 1 is 0.811 bits per heavy atom. The highest BCUT2D eigenvalue weighted by Crippen LogP contribution is 2.37. The van der Waals surface area contributed by atoms with Crippen molar-refractivity contribution in [2.75, 3.05) is 31.1 Å². The Morgan fingerprint density at radius 3 is 2.11 bits per heavy atom. The number of rotatable bonds is 5. The molecule has 2 aliphatic heterocycles. The van der Waals surface area contributed by atoms with Gasteiger partial charge in [-0.1, -0.05) is 36.4 Å². The van der Waals surface area contributed by atoms with Crippen molar-refractivity contribution in [3.8, 4) is 0 Å². The van der Waals surface area contributed by atoms with Crippen LogP contribution in [-0.2, 0) is 11.3 Å². The monoisotopic (exact) mass is 507 g/mol. The summed E-state index contributed by atoms with van der Waals surface area (Å²) in [5.41, 5.74) is 2.44. The number of likely N-dealkylation sites (tertiary alicyclic amines) is 1. The fourth-order valence-corrected chi connectivity index (χ4v) is 6.08. The predicted octanol–water partition coefficient (Wildman–Crippen LogP) is 5.45. The fourth-order valence-electron chi connectivity index (χ4n) is 6.08. The lowest BCUT2D eigenvalue weighted by molar-refractivity contribution is -0.136. The molecule has 5 rings (SSSR count). The summed E-state index contributed by atoms with van der Waals surface area (Å²) in [4.78, 5) is 20.3. The minimum absolute atomic E-state index is 0.00161. The molecule has 3 aromatic carbocycles. The van der Waals surface area contributed by atoms with Crippen LogP contribution in [0.4, 0.5) is 18.9 Å². The molecule has 2 aliphatic rings. The van der Waals surface area contributed by atoms with E-state index in [-0.39, 0.29) is 29.7 Å². The summed E-state index contributed by atoms with van der Waals surface area (Å²) in [5, 5.41) is 0. The number of amides is 1. The standard InChI is InChI=1S/C30H32F3N3O/c1-20-15-35(16-21(2)36(20)25-11-8-23(31)9-12-25)30(37)28-19-34(17-22-6-4-3-5-7-22)18-27(28)26-13-10-24(32)14-29(26)33/h3-14,20-21,27-28H,15-19H2,1-2H3/t20-,21+,27-,28+/m1/s1. The lowest BCUT2D eigenvalue weighted by atomic mass is 9.87. The van der Waals surface area contributed by atoms with Gasteiger partial charge < -0.3 is 9.80 Å². The molecule has 0 aliphatic carbocycles. The third-order valence-corrected chi connectivity index (χ3v) is 7.68. The van der Waals surface area contributed by atoms with Gasteiger partial charge in [-0.2, -0.15) is 0 Å². The molecule has 3 aromatic rings. The number of hydrogen-bond acceptors (Lipinski definition) is 3. The second-order valence-corrected chi connectivity index (χ2v) is 10.4. The van der Waals surface area contributed by atoms with Crippen molar-refractivity contribution < 1.29 is 18.0 Å². The van der Waals surface area contributed by atoms with Gasteiger partial charge in [0.25, 0.3) is 0 Å². The van der Waals surface area contributed by atoms with Crippen LogP contribution in [0, 0.1) is 23.4 Å². The van der Waals surface area contributed by atoms with Gasteiger partial charge in [0.1, 0.15) is 17.5 Å². The SMILES string of the molecule is C[C@@H]1CN(C(=O)[C@H]2CN(Cc3ccccc3)C[C@@H]2c2ccc(F)cc2F)C[C@H](C)N1c1ccc(F)cc1. The summed E-state index contributed by atoms with van der Waals surface area (Å²) in [7, 11) is 0. The Hall–Kier alpha value is -3.32. The van der Waals surface area contributed by atoms with Crippen molar-refractivity contribution in [3.05, 3.63) is 101 Å². The van der Waals surface area contributed by atoms with Crippen LogP contribution in [0.2, 0.25) is 0 Å². The lowest BCUT2D eigenvalue weighted by Gasteiger charge is -2.46. The van der Waals surface area contributed by atoms with Crippen LogP contribution < -0.4 is 4.90 Å². The highest BCUT2D eigenvalue weighted by Gasteiger charge is 2.43. The van der Waals surface area contributed by atoms with Crippen molar-refractivity contribution >= 4 is 11.6 Å². The van der Waals surface area contributed by atoms with Crippen molar-refractivity contribution in [2.24, 2.45) is 5.92 Å². The van der Waals surface area contributed by atoms with Gasteiger partial charge in [0.2, 0.25) is 5.91 Å². The van der Waals surface area contributed by atoms with Crippen LogP contribution >= 0.6 is 0 Å². The Labute approximate surface area is 216 Å². The Morgan fingerprint density at radius 2 is 1.46 bits per heavy atom. The normalized spacial score (nSPS) is 24.5. The van der Waals surface area contributed by atoms with E-state index >= 15 is 0 Å². The molecular formula is C30H32F3N3O. The van der Waals surface area contributed by atoms with E-state index < -0.39 is 17.6 Å². The van der Waals surface area contributed by atoms with Crippen molar-refractivity contribution in [2.45, 2.75) is 38.4 Å². The minimum atomic E-state index is -0.622. The molecule has 0 bridgehead atoms. The number of anilines is 1. The molecule has 37 heavy (non-hydrogen) atoms. The highest BCUT2D eigenvalue weighted by atomic mass is 19.1. The number of carbonyl (C=O) groups excluding carboxylic acids is 1. The molecule has 2 fully saturated rings. The predicted molar refractivity (Wildman–Crippen MR) is 139 cm³/mol. The maximum absolute atomic E-state index is 14.9. The van der Waals surface area contributed by atoms with Crippen LogP contribution in [0.25, 0.3) is 0 Å². The van der Waals surface area contributed by atoms with Gasteiger partial charge in [0.05, 0.1) is 5.92 Å². The first-order chi connectivity index (χ1) is 17.8. The zero-order valence-corrected chi connectivity index (χ0v) is 21.2. The van der Waals surface area contributed by atoms with E-state index in [0.29, 0.717) is 38.3 Å². The molecule has 194 valence electrons. The summed E-state index contributed by atoms with van der Waals surface area (Å²) >= 11 is 0. The molecule has 0 saturated carbocycles. The molecule has 2 saturated heterocycles. The molecule has 0 unspecified atom stereocenters. The summed E-state index contributed by atoms with van der Waals surface area (Å²) < 4.78 is 42.1. The van der Waals surface area contributed by atoms with Gasteiger partial charge in [-0.25, -0.2) is 13.2 Å². The number of benzene rings is 3. The molecule has 0 spiro atoms. The summed E-state index contributed by atoms with van der Waals surface area (Å²) in [6, 6.07) is 20.2. The van der Waals surface area contributed by atoms with E-state index in [1.165, 1.54) is 24.3 Å². The van der Waals surface area contributed by atoms with Crippen LogP contribution in [0.15, 0.2) is 72.8 Å². The molecule has 0 N–H and O–H groups in total. The van der Waals surface area contributed by atoms with Crippen molar-refractivity contribution in [3.63, 3.8) is 0 Å². The molecule has 4 nitrogen and oxygen atoms in total. The van der Waals surface area contributed by atoms with Crippen LogP contribution in [-0.4, -0.2) is 54.0 Å². The van der Waals surface area contributed by atoms with Gasteiger partial charge in [-0.3, -0.25) is 9.69 Å². The molecule has 0 radical (unpaired) electrons. The smallest absolute Gasteiger partial charge is 0.227 e. The lowest BCUT2D eigenvalue weighted by Crippen LogP contribution is -2.59. The second kappa shape index (κ2) is 10.6. The Bertz CT molecular complexity index is 1220. The highest BCUT2D eigenvalue weighted by molar-refractivity contribution is 5.81. The summed E-state index contributed by atoms with van der Waals surface area (Å²) in [5.74, 6) is -2.30. The fraction of sp³-hybridized carbons (Fsp3) is 0.367. The number of carbonyl (C=O) groups is 1. The zero-order valence-electron chi connectivity index (χ0n) is 21.2. The zero-order chi connectivity index (χ0) is 26.1. The second-order valence-electron chi connectivity index (χ2n) is 10.4. The average molecular weight is 508 g/mol. The van der Waals surface area contributed by atoms with Crippen molar-refractivity contribution in [1.82, 2.24) is 9.80 Å². The number of halogens is 3. The molecular weight excluding hydrogens is 475 g/mol. The third-order valence-electron chi connectivity index (χ3n) is 7.68. The molecule has 4 atom stereocenters. The number of piperazine rings is 1. The van der Waals surface area contributed by atoms with Crippen LogP contribution in [0.5, 0.6) is 0 Å². The van der Waals surface area contributed by atoms with E-state index in [0.717, 1.165) is 17.3 Å². The van der Waals surface area contributed by atoms with Crippen LogP contribution in [0.1, 0.15) is 30.9 Å². The molecule has 2 heterocycles. The molecule has 1 amide bonds. The Kier molecular flexibility index (Phi) is 7.24. The first-order valence-corrected chi connectivity index (χ1v) is 12.8. The minimum Gasteiger partial charge on any atom is -0.363 e. The third kappa shape index (κ3) is 5.37. The first kappa shape index (κ1) is 25.3. The largest absolute Gasteiger partial charge is 0.363 e. The molecule has 0 aromatic heterocycles. The average Bonchev–Trinajstić information content (AvgIpc) is 3.28. The summed E-state index contributed by atoms with van der Waals surface area (Å²) in [6.07, 6.45) is 0. The van der Waals surface area contributed by atoms with Gasteiger partial charge in [-0.05, 0) is 55.3 Å². The van der Waals surface area contributed by atoms with E-state index in [2.05, 4.69) is 23.6 Å². The number of nitrogens with zero attached hydrogens (tertiary/aromatic N) is 3. The molecule has 7 heteroatoms. The maximum Gasteiger partial charge on any atom is 0.227 e. The Balaban J connectivity index is 1.37.